The fraction of sp³-hybridized carbons (Fsp3) is 0.0588. The number of benzene rings is 2. The van der Waals surface area contributed by atoms with Gasteiger partial charge in [-0.15, -0.1) is 0 Å². The van der Waals surface area contributed by atoms with Gasteiger partial charge in [0, 0.05) is 5.56 Å². The average molecular weight is 353 g/mol. The van der Waals surface area contributed by atoms with Gasteiger partial charge in [0.2, 0.25) is 5.95 Å². The van der Waals surface area contributed by atoms with E-state index >= 15 is 0 Å². The highest BCUT2D eigenvalue weighted by Crippen LogP contribution is 2.28. The van der Waals surface area contributed by atoms with Crippen molar-refractivity contribution in [3.8, 4) is 11.3 Å². The van der Waals surface area contributed by atoms with Crippen molar-refractivity contribution in [1.82, 2.24) is 20.2 Å². The second kappa shape index (κ2) is 5.96. The largest absolute Gasteiger partial charge is 0.453 e. The van der Waals surface area contributed by atoms with Gasteiger partial charge in [-0.1, -0.05) is 12.1 Å². The number of nitrogens with one attached hydrogen (secondary N) is 3. The highest BCUT2D eigenvalue weighted by atomic mass is 19.1. The summed E-state index contributed by atoms with van der Waals surface area (Å²) in [5.74, 6) is -0.316. The van der Waals surface area contributed by atoms with Gasteiger partial charge >= 0.3 is 6.09 Å². The summed E-state index contributed by atoms with van der Waals surface area (Å²) in [6.07, 6.45) is -0.653. The minimum atomic E-state index is -0.653. The summed E-state index contributed by atoms with van der Waals surface area (Å²) in [6.45, 7) is 0. The van der Waals surface area contributed by atoms with Crippen molar-refractivity contribution in [1.29, 1.82) is 0 Å². The molecule has 1 amide bonds. The molecule has 4 rings (SSSR count). The van der Waals surface area contributed by atoms with E-state index in [0.29, 0.717) is 22.3 Å². The molecule has 2 heterocycles. The van der Waals surface area contributed by atoms with Gasteiger partial charge < -0.3 is 9.72 Å². The third-order valence-corrected chi connectivity index (χ3v) is 3.93. The van der Waals surface area contributed by atoms with Crippen molar-refractivity contribution < 1.29 is 13.9 Å². The SMILES string of the molecule is COC(=O)Nc1nc2ccc(-c3n[nH]c(=O)c4cccc(F)c34)cc2[nH]1. The molecule has 2 aromatic carbocycles. The second-order valence-corrected chi connectivity index (χ2v) is 5.50. The molecule has 0 aliphatic heterocycles. The molecule has 0 fully saturated rings. The zero-order valence-corrected chi connectivity index (χ0v) is 13.5. The Bertz CT molecular complexity index is 1210. The van der Waals surface area contributed by atoms with Crippen LogP contribution in [0.1, 0.15) is 0 Å². The van der Waals surface area contributed by atoms with Crippen molar-refractivity contribution in [2.75, 3.05) is 12.4 Å². The maximum Gasteiger partial charge on any atom is 0.413 e. The van der Waals surface area contributed by atoms with Crippen LogP contribution in [0.3, 0.4) is 0 Å². The molecule has 0 aliphatic rings. The molecule has 3 N–H and O–H groups in total. The number of anilines is 1. The quantitative estimate of drug-likeness (QED) is 0.513. The number of fused-ring (bicyclic) bond motifs is 2. The first-order valence-electron chi connectivity index (χ1n) is 7.59. The molecule has 0 saturated heterocycles. The number of aromatic nitrogens is 4. The molecular weight excluding hydrogens is 341 g/mol. The summed E-state index contributed by atoms with van der Waals surface area (Å²) in [5.41, 5.74) is 1.62. The van der Waals surface area contributed by atoms with E-state index in [2.05, 4.69) is 30.2 Å². The summed E-state index contributed by atoms with van der Waals surface area (Å²) in [4.78, 5) is 30.3. The van der Waals surface area contributed by atoms with Crippen LogP contribution >= 0.6 is 0 Å². The third kappa shape index (κ3) is 2.55. The van der Waals surface area contributed by atoms with Gasteiger partial charge in [-0.05, 0) is 24.3 Å². The minimum absolute atomic E-state index is 0.142. The first-order chi connectivity index (χ1) is 12.6. The summed E-state index contributed by atoms with van der Waals surface area (Å²) in [5, 5.41) is 9.19. The molecule has 26 heavy (non-hydrogen) atoms. The van der Waals surface area contributed by atoms with Gasteiger partial charge in [-0.2, -0.15) is 5.10 Å². The molecule has 0 bridgehead atoms. The van der Waals surface area contributed by atoms with Crippen LogP contribution in [0.4, 0.5) is 15.1 Å². The number of carbonyl (C=O) groups excluding carboxylic acids is 1. The van der Waals surface area contributed by atoms with E-state index in [0.717, 1.165) is 0 Å². The predicted octanol–water partition coefficient (Wildman–Crippen LogP) is 2.78. The third-order valence-electron chi connectivity index (χ3n) is 3.93. The summed E-state index contributed by atoms with van der Waals surface area (Å²) >= 11 is 0. The Morgan fingerprint density at radius 3 is 2.92 bits per heavy atom. The molecule has 4 aromatic rings. The number of rotatable bonds is 2. The normalized spacial score (nSPS) is 11.0. The van der Waals surface area contributed by atoms with Crippen LogP contribution in [-0.2, 0) is 4.74 Å². The van der Waals surface area contributed by atoms with Gasteiger partial charge in [-0.3, -0.25) is 10.1 Å². The number of hydrogen-bond donors (Lipinski definition) is 3. The Labute approximate surface area is 145 Å². The lowest BCUT2D eigenvalue weighted by Crippen LogP contribution is -2.11. The zero-order chi connectivity index (χ0) is 18.3. The molecule has 0 radical (unpaired) electrons. The highest BCUT2D eigenvalue weighted by molar-refractivity contribution is 5.96. The molecule has 0 aliphatic carbocycles. The van der Waals surface area contributed by atoms with E-state index in [1.54, 1.807) is 18.2 Å². The number of ether oxygens (including phenoxy) is 1. The lowest BCUT2D eigenvalue weighted by molar-refractivity contribution is 0.186. The van der Waals surface area contributed by atoms with E-state index in [1.807, 2.05) is 0 Å². The van der Waals surface area contributed by atoms with Crippen molar-refractivity contribution in [2.45, 2.75) is 0 Å². The number of hydrogen-bond acceptors (Lipinski definition) is 5. The van der Waals surface area contributed by atoms with Crippen LogP contribution in [0.25, 0.3) is 33.1 Å². The number of aromatic amines is 2. The van der Waals surface area contributed by atoms with Crippen molar-refractivity contribution in [2.24, 2.45) is 0 Å². The van der Waals surface area contributed by atoms with Crippen molar-refractivity contribution in [3.05, 3.63) is 52.6 Å². The Kier molecular flexibility index (Phi) is 3.61. The molecule has 130 valence electrons. The van der Waals surface area contributed by atoms with Gasteiger partial charge in [0.15, 0.2) is 0 Å². The summed E-state index contributed by atoms with van der Waals surface area (Å²) in [6, 6.07) is 9.40. The standard InChI is InChI=1S/C17H12FN5O3/c1-26-17(25)21-16-19-11-6-5-8(7-12(11)20-16)14-13-9(15(24)23-22-14)3-2-4-10(13)18/h2-7H,1H3,(H,23,24)(H2,19,20,21,25). The molecule has 8 nitrogen and oxygen atoms in total. The Balaban J connectivity index is 1.87. The Hall–Kier alpha value is -3.75. The number of carbonyl (C=O) groups is 1. The van der Waals surface area contributed by atoms with E-state index in [1.165, 1.54) is 25.3 Å². The van der Waals surface area contributed by atoms with Crippen molar-refractivity contribution in [3.63, 3.8) is 0 Å². The lowest BCUT2D eigenvalue weighted by atomic mass is 10.0. The van der Waals surface area contributed by atoms with E-state index in [9.17, 15) is 14.0 Å². The molecule has 2 aromatic heterocycles. The van der Waals surface area contributed by atoms with Gasteiger partial charge in [0.1, 0.15) is 11.5 Å². The maximum atomic E-state index is 14.3. The molecule has 0 unspecified atom stereocenters. The van der Waals surface area contributed by atoms with Crippen LogP contribution in [0, 0.1) is 5.82 Å². The maximum absolute atomic E-state index is 14.3. The molecular formula is C17H12FN5O3. The topological polar surface area (TPSA) is 113 Å². The predicted molar refractivity (Wildman–Crippen MR) is 93.4 cm³/mol. The first kappa shape index (κ1) is 15.8. The number of halogens is 1. The number of H-pyrrole nitrogens is 2. The van der Waals surface area contributed by atoms with Crippen LogP contribution in [-0.4, -0.2) is 33.4 Å². The first-order valence-corrected chi connectivity index (χ1v) is 7.59. The van der Waals surface area contributed by atoms with Crippen LogP contribution < -0.4 is 10.9 Å². The molecule has 0 spiro atoms. The lowest BCUT2D eigenvalue weighted by Gasteiger charge is -2.06. The molecule has 0 atom stereocenters. The second-order valence-electron chi connectivity index (χ2n) is 5.50. The number of nitrogens with zero attached hydrogens (tertiary/aromatic N) is 2. The highest BCUT2D eigenvalue weighted by Gasteiger charge is 2.14. The van der Waals surface area contributed by atoms with E-state index < -0.39 is 17.5 Å². The average Bonchev–Trinajstić information content (AvgIpc) is 3.04. The Morgan fingerprint density at radius 1 is 1.27 bits per heavy atom. The smallest absolute Gasteiger partial charge is 0.413 e. The Morgan fingerprint density at radius 2 is 2.12 bits per heavy atom. The summed E-state index contributed by atoms with van der Waals surface area (Å²) < 4.78 is 18.9. The minimum Gasteiger partial charge on any atom is -0.453 e. The van der Waals surface area contributed by atoms with E-state index in [4.69, 9.17) is 0 Å². The van der Waals surface area contributed by atoms with Crippen LogP contribution in [0.15, 0.2) is 41.2 Å². The van der Waals surface area contributed by atoms with Gasteiger partial charge in [0.25, 0.3) is 5.56 Å². The number of imidazole rings is 1. The number of amides is 1. The molecule has 9 heteroatoms. The van der Waals surface area contributed by atoms with Crippen molar-refractivity contribution >= 4 is 33.8 Å². The molecule has 0 saturated carbocycles. The van der Waals surface area contributed by atoms with Crippen LogP contribution in [0.2, 0.25) is 0 Å². The fourth-order valence-electron chi connectivity index (χ4n) is 2.75. The van der Waals surface area contributed by atoms with E-state index in [-0.39, 0.29) is 16.7 Å². The van der Waals surface area contributed by atoms with Gasteiger partial charge in [-0.25, -0.2) is 19.3 Å². The fourth-order valence-corrected chi connectivity index (χ4v) is 2.75. The monoisotopic (exact) mass is 353 g/mol. The zero-order valence-electron chi connectivity index (χ0n) is 13.5. The number of methoxy groups -OCH3 is 1. The van der Waals surface area contributed by atoms with Crippen LogP contribution in [0.5, 0.6) is 0 Å². The van der Waals surface area contributed by atoms with Gasteiger partial charge in [0.05, 0.1) is 28.9 Å². The summed E-state index contributed by atoms with van der Waals surface area (Å²) in [7, 11) is 1.25.